The average molecular weight is 450 g/mol. The van der Waals surface area contributed by atoms with Crippen LogP contribution in [0.5, 0.6) is 5.75 Å². The van der Waals surface area contributed by atoms with Gasteiger partial charge in [-0.15, -0.1) is 0 Å². The molecule has 2 aromatic carbocycles. The summed E-state index contributed by atoms with van der Waals surface area (Å²) < 4.78 is 10.6. The summed E-state index contributed by atoms with van der Waals surface area (Å²) in [7, 11) is 1.62. The van der Waals surface area contributed by atoms with Gasteiger partial charge in [-0.25, -0.2) is 0 Å². The van der Waals surface area contributed by atoms with Gasteiger partial charge in [-0.3, -0.25) is 14.8 Å². The number of morpholine rings is 1. The van der Waals surface area contributed by atoms with Gasteiger partial charge in [0.1, 0.15) is 18.1 Å². The minimum absolute atomic E-state index is 0.250. The lowest BCUT2D eigenvalue weighted by Crippen LogP contribution is -2.36. The van der Waals surface area contributed by atoms with Crippen molar-refractivity contribution >= 4 is 29.7 Å². The van der Waals surface area contributed by atoms with E-state index in [0.717, 1.165) is 49.7 Å². The van der Waals surface area contributed by atoms with Crippen molar-refractivity contribution in [2.24, 2.45) is 9.98 Å². The van der Waals surface area contributed by atoms with E-state index >= 15 is 0 Å². The number of ether oxygens (including phenoxy) is 2. The van der Waals surface area contributed by atoms with Crippen molar-refractivity contribution in [1.29, 1.82) is 0 Å². The number of rotatable bonds is 11. The van der Waals surface area contributed by atoms with Gasteiger partial charge in [-0.2, -0.15) is 0 Å². The molecule has 0 radical (unpaired) electrons. The van der Waals surface area contributed by atoms with Crippen LogP contribution in [0, 0.1) is 0 Å². The van der Waals surface area contributed by atoms with Crippen molar-refractivity contribution in [3.63, 3.8) is 0 Å². The van der Waals surface area contributed by atoms with Crippen molar-refractivity contribution in [3.8, 4) is 5.75 Å². The van der Waals surface area contributed by atoms with Crippen LogP contribution in [0.2, 0.25) is 0 Å². The standard InChI is InChI=1S/C25H31N5O3/c1-26-13-12-24(29-19-28-21-5-9-23(32-2)10-6-21)25(31)27-14-11-20-3-7-22(8-4-20)30-15-17-33-18-16-30/h3-10,12-13,28H,1,11,14-19H2,2H3,(H,27,31)/b13-12-,29-24+. The van der Waals surface area contributed by atoms with Crippen molar-refractivity contribution in [2.75, 3.05) is 56.8 Å². The van der Waals surface area contributed by atoms with Crippen molar-refractivity contribution in [1.82, 2.24) is 5.32 Å². The number of hydrogen-bond acceptors (Lipinski definition) is 7. The molecule has 1 heterocycles. The van der Waals surface area contributed by atoms with Gasteiger partial charge in [0.2, 0.25) is 0 Å². The number of amides is 1. The molecular weight excluding hydrogens is 418 g/mol. The van der Waals surface area contributed by atoms with E-state index in [9.17, 15) is 4.79 Å². The second-order valence-electron chi connectivity index (χ2n) is 7.38. The summed E-state index contributed by atoms with van der Waals surface area (Å²) in [5.74, 6) is 0.524. The third kappa shape index (κ3) is 7.76. The molecule has 1 aliphatic heterocycles. The van der Waals surface area contributed by atoms with Crippen LogP contribution in [0.25, 0.3) is 0 Å². The van der Waals surface area contributed by atoms with Crippen LogP contribution in [0.1, 0.15) is 5.56 Å². The molecule has 1 saturated heterocycles. The summed E-state index contributed by atoms with van der Waals surface area (Å²) in [6.07, 6.45) is 3.74. The van der Waals surface area contributed by atoms with Crippen LogP contribution in [-0.2, 0) is 16.0 Å². The third-order valence-corrected chi connectivity index (χ3v) is 5.20. The molecule has 0 aromatic heterocycles. The van der Waals surface area contributed by atoms with Gasteiger partial charge in [-0.1, -0.05) is 12.1 Å². The summed E-state index contributed by atoms with van der Waals surface area (Å²) in [5.41, 5.74) is 3.53. The highest BCUT2D eigenvalue weighted by Crippen LogP contribution is 2.17. The molecule has 8 heteroatoms. The second kappa shape index (κ2) is 13.0. The Morgan fingerprint density at radius 3 is 2.55 bits per heavy atom. The van der Waals surface area contributed by atoms with Gasteiger partial charge < -0.3 is 25.0 Å². The van der Waals surface area contributed by atoms with Gasteiger partial charge in [-0.05, 0) is 61.2 Å². The van der Waals surface area contributed by atoms with E-state index in [-0.39, 0.29) is 18.3 Å². The molecule has 174 valence electrons. The molecule has 1 amide bonds. The van der Waals surface area contributed by atoms with E-state index in [1.165, 1.54) is 11.9 Å². The van der Waals surface area contributed by atoms with E-state index in [1.54, 1.807) is 13.2 Å². The zero-order valence-corrected chi connectivity index (χ0v) is 19.0. The van der Waals surface area contributed by atoms with Crippen LogP contribution in [0.3, 0.4) is 0 Å². The zero-order valence-electron chi connectivity index (χ0n) is 19.0. The van der Waals surface area contributed by atoms with Crippen LogP contribution in [0.15, 0.2) is 70.8 Å². The maximum absolute atomic E-state index is 12.6. The van der Waals surface area contributed by atoms with Gasteiger partial charge in [0.05, 0.1) is 20.3 Å². The minimum atomic E-state index is -0.253. The van der Waals surface area contributed by atoms with Crippen molar-refractivity contribution < 1.29 is 14.3 Å². The predicted molar refractivity (Wildman–Crippen MR) is 134 cm³/mol. The first-order chi connectivity index (χ1) is 16.2. The number of carbonyl (C=O) groups excluding carboxylic acids is 1. The number of benzene rings is 2. The molecule has 0 unspecified atom stereocenters. The highest BCUT2D eigenvalue weighted by molar-refractivity contribution is 6.43. The minimum Gasteiger partial charge on any atom is -0.497 e. The molecule has 0 saturated carbocycles. The molecular formula is C25H31N5O3. The Hall–Kier alpha value is -3.65. The number of nitrogens with zero attached hydrogens (tertiary/aromatic N) is 3. The first kappa shape index (κ1) is 24.0. The molecule has 33 heavy (non-hydrogen) atoms. The summed E-state index contributed by atoms with van der Waals surface area (Å²) >= 11 is 0. The van der Waals surface area contributed by atoms with Crippen LogP contribution in [-0.4, -0.2) is 65.0 Å². The van der Waals surface area contributed by atoms with Crippen molar-refractivity contribution in [2.45, 2.75) is 6.42 Å². The Morgan fingerprint density at radius 2 is 1.88 bits per heavy atom. The fourth-order valence-corrected chi connectivity index (χ4v) is 3.35. The smallest absolute Gasteiger partial charge is 0.269 e. The first-order valence-corrected chi connectivity index (χ1v) is 10.9. The van der Waals surface area contributed by atoms with Crippen LogP contribution >= 0.6 is 0 Å². The average Bonchev–Trinajstić information content (AvgIpc) is 2.87. The monoisotopic (exact) mass is 449 g/mol. The van der Waals surface area contributed by atoms with Crippen LogP contribution in [0.4, 0.5) is 11.4 Å². The highest BCUT2D eigenvalue weighted by Gasteiger charge is 2.11. The highest BCUT2D eigenvalue weighted by atomic mass is 16.5. The molecule has 8 nitrogen and oxygen atoms in total. The van der Waals surface area contributed by atoms with Gasteiger partial charge >= 0.3 is 0 Å². The normalized spacial score (nSPS) is 14.2. The van der Waals surface area contributed by atoms with E-state index in [1.807, 2.05) is 24.3 Å². The number of methoxy groups -OCH3 is 1. The quantitative estimate of drug-likeness (QED) is 0.515. The SMILES string of the molecule is C=N/C=C\C(=N/CNc1ccc(OC)cc1)C(=O)NCCc1ccc(N2CCOCC2)cc1. The number of aliphatic imine (C=N–C) groups is 2. The summed E-state index contributed by atoms with van der Waals surface area (Å²) in [6.45, 7) is 7.54. The molecule has 0 spiro atoms. The van der Waals surface area contributed by atoms with Gasteiger partial charge in [0.25, 0.3) is 5.91 Å². The lowest BCUT2D eigenvalue weighted by molar-refractivity contribution is -0.114. The largest absolute Gasteiger partial charge is 0.497 e. The number of nitrogens with one attached hydrogen (secondary N) is 2. The molecule has 0 bridgehead atoms. The number of anilines is 2. The Morgan fingerprint density at radius 1 is 1.15 bits per heavy atom. The zero-order chi connectivity index (χ0) is 23.3. The molecule has 1 aliphatic rings. The van der Waals surface area contributed by atoms with E-state index in [2.05, 4.69) is 56.5 Å². The van der Waals surface area contributed by atoms with Crippen molar-refractivity contribution in [3.05, 3.63) is 66.4 Å². The van der Waals surface area contributed by atoms with E-state index < -0.39 is 0 Å². The first-order valence-electron chi connectivity index (χ1n) is 10.9. The maximum Gasteiger partial charge on any atom is 0.269 e. The molecule has 3 rings (SSSR count). The lowest BCUT2D eigenvalue weighted by atomic mass is 10.1. The fourth-order valence-electron chi connectivity index (χ4n) is 3.35. The molecule has 0 atom stereocenters. The number of carbonyl (C=O) groups is 1. The summed E-state index contributed by atoms with van der Waals surface area (Å²) in [6, 6.07) is 15.9. The van der Waals surface area contributed by atoms with Gasteiger partial charge in [0, 0.05) is 37.2 Å². The third-order valence-electron chi connectivity index (χ3n) is 5.20. The fraction of sp³-hybridized carbons (Fsp3) is 0.320. The van der Waals surface area contributed by atoms with E-state index in [4.69, 9.17) is 9.47 Å². The molecule has 1 fully saturated rings. The second-order valence-corrected chi connectivity index (χ2v) is 7.38. The summed E-state index contributed by atoms with van der Waals surface area (Å²) in [5, 5.41) is 6.08. The molecule has 2 N–H and O–H groups in total. The van der Waals surface area contributed by atoms with Crippen LogP contribution < -0.4 is 20.3 Å². The maximum atomic E-state index is 12.6. The number of hydrogen-bond donors (Lipinski definition) is 2. The Kier molecular flexibility index (Phi) is 9.47. The Labute approximate surface area is 195 Å². The predicted octanol–water partition coefficient (Wildman–Crippen LogP) is 2.92. The summed E-state index contributed by atoms with van der Waals surface area (Å²) in [4.78, 5) is 23.0. The molecule has 0 aliphatic carbocycles. The Bertz CT molecular complexity index is 949. The lowest BCUT2D eigenvalue weighted by Gasteiger charge is -2.28. The van der Waals surface area contributed by atoms with E-state index in [0.29, 0.717) is 6.54 Å². The molecule has 2 aromatic rings. The Balaban J connectivity index is 1.48. The topological polar surface area (TPSA) is 87.5 Å². The van der Waals surface area contributed by atoms with Gasteiger partial charge in [0.15, 0.2) is 0 Å².